The van der Waals surface area contributed by atoms with E-state index < -0.39 is 5.97 Å². The third-order valence-corrected chi connectivity index (χ3v) is 2.74. The average molecular weight is 258 g/mol. The number of aryl methyl sites for hydroxylation is 1. The van der Waals surface area contributed by atoms with Crippen LogP contribution in [0.15, 0.2) is 30.7 Å². The first kappa shape index (κ1) is 12.9. The summed E-state index contributed by atoms with van der Waals surface area (Å²) in [5, 5.41) is 12.0. The highest BCUT2D eigenvalue weighted by Crippen LogP contribution is 2.16. The zero-order valence-electron chi connectivity index (χ0n) is 10.7. The second-order valence-corrected chi connectivity index (χ2v) is 4.15. The zero-order chi connectivity index (χ0) is 13.8. The van der Waals surface area contributed by atoms with Crippen LogP contribution in [0.2, 0.25) is 0 Å². The van der Waals surface area contributed by atoms with Crippen molar-refractivity contribution in [2.24, 2.45) is 0 Å². The Morgan fingerprint density at radius 3 is 2.79 bits per heavy atom. The maximum atomic E-state index is 10.9. The smallest absolute Gasteiger partial charge is 0.339 e. The van der Waals surface area contributed by atoms with Crippen LogP contribution >= 0.6 is 0 Å². The molecular formula is C13H14N4O2. The number of hydrogen-bond acceptors (Lipinski definition) is 5. The van der Waals surface area contributed by atoms with Gasteiger partial charge in [0.05, 0.1) is 17.3 Å². The van der Waals surface area contributed by atoms with Crippen molar-refractivity contribution in [3.8, 4) is 0 Å². The van der Waals surface area contributed by atoms with Crippen LogP contribution in [0.25, 0.3) is 0 Å². The van der Waals surface area contributed by atoms with Crippen LogP contribution in [0.1, 0.15) is 34.6 Å². The molecule has 2 aromatic heterocycles. The Morgan fingerprint density at radius 2 is 2.21 bits per heavy atom. The van der Waals surface area contributed by atoms with Crippen LogP contribution in [0.5, 0.6) is 0 Å². The number of carboxylic acid groups (broad SMARTS) is 1. The summed E-state index contributed by atoms with van der Waals surface area (Å²) in [5.74, 6) is -0.622. The zero-order valence-corrected chi connectivity index (χ0v) is 10.7. The molecule has 0 aliphatic carbocycles. The fourth-order valence-electron chi connectivity index (χ4n) is 1.66. The van der Waals surface area contributed by atoms with Crippen LogP contribution in [-0.2, 0) is 0 Å². The van der Waals surface area contributed by atoms with E-state index in [0.29, 0.717) is 11.6 Å². The third kappa shape index (κ3) is 3.04. The fraction of sp³-hybridized carbons (Fsp3) is 0.231. The Balaban J connectivity index is 2.16. The predicted octanol–water partition coefficient (Wildman–Crippen LogP) is 2.05. The summed E-state index contributed by atoms with van der Waals surface area (Å²) < 4.78 is 0. The molecule has 1 atom stereocenters. The van der Waals surface area contributed by atoms with E-state index in [9.17, 15) is 4.79 Å². The molecule has 0 bridgehead atoms. The topological polar surface area (TPSA) is 88.0 Å². The Morgan fingerprint density at radius 1 is 1.42 bits per heavy atom. The van der Waals surface area contributed by atoms with Gasteiger partial charge in [0.15, 0.2) is 0 Å². The van der Waals surface area contributed by atoms with Crippen molar-refractivity contribution in [1.29, 1.82) is 0 Å². The molecule has 6 heteroatoms. The lowest BCUT2D eigenvalue weighted by Gasteiger charge is -2.14. The average Bonchev–Trinajstić information content (AvgIpc) is 2.39. The number of nitrogens with zero attached hydrogens (tertiary/aromatic N) is 3. The van der Waals surface area contributed by atoms with Gasteiger partial charge in [0.1, 0.15) is 0 Å². The largest absolute Gasteiger partial charge is 0.478 e. The van der Waals surface area contributed by atoms with Crippen LogP contribution in [0.4, 0.5) is 5.95 Å². The molecule has 1 unspecified atom stereocenters. The number of nitrogens with one attached hydrogen (secondary N) is 1. The molecule has 0 radical (unpaired) electrons. The van der Waals surface area contributed by atoms with Gasteiger partial charge < -0.3 is 10.4 Å². The van der Waals surface area contributed by atoms with Gasteiger partial charge in [-0.15, -0.1) is 0 Å². The monoisotopic (exact) mass is 258 g/mol. The maximum Gasteiger partial charge on any atom is 0.339 e. The maximum absolute atomic E-state index is 10.9. The van der Waals surface area contributed by atoms with Crippen LogP contribution in [0.3, 0.4) is 0 Å². The van der Waals surface area contributed by atoms with E-state index in [-0.39, 0.29) is 11.6 Å². The van der Waals surface area contributed by atoms with E-state index in [1.807, 2.05) is 19.1 Å². The second kappa shape index (κ2) is 5.43. The van der Waals surface area contributed by atoms with Gasteiger partial charge in [-0.05, 0) is 25.5 Å². The van der Waals surface area contributed by atoms with Gasteiger partial charge in [-0.25, -0.2) is 14.8 Å². The number of hydrogen-bond donors (Lipinski definition) is 2. The van der Waals surface area contributed by atoms with Gasteiger partial charge in [0, 0.05) is 18.6 Å². The fourth-order valence-corrected chi connectivity index (χ4v) is 1.66. The molecule has 98 valence electrons. The van der Waals surface area contributed by atoms with Gasteiger partial charge in [-0.1, -0.05) is 6.07 Å². The summed E-state index contributed by atoms with van der Waals surface area (Å²) in [6.07, 6.45) is 4.78. The highest BCUT2D eigenvalue weighted by molar-refractivity contribution is 5.88. The molecule has 0 aliphatic rings. The molecule has 0 saturated heterocycles. The van der Waals surface area contributed by atoms with Crippen LogP contribution in [-0.4, -0.2) is 26.0 Å². The van der Waals surface area contributed by atoms with E-state index in [1.165, 1.54) is 6.20 Å². The van der Waals surface area contributed by atoms with E-state index >= 15 is 0 Å². The Kier molecular flexibility index (Phi) is 3.70. The molecule has 2 aromatic rings. The van der Waals surface area contributed by atoms with Crippen LogP contribution in [0, 0.1) is 6.92 Å². The third-order valence-electron chi connectivity index (χ3n) is 2.74. The normalized spacial score (nSPS) is 11.9. The van der Waals surface area contributed by atoms with Crippen LogP contribution < -0.4 is 5.32 Å². The van der Waals surface area contributed by atoms with E-state index in [2.05, 4.69) is 20.3 Å². The molecule has 0 amide bonds. The molecule has 2 heterocycles. The first-order valence-electron chi connectivity index (χ1n) is 5.81. The van der Waals surface area contributed by atoms with E-state index in [1.54, 1.807) is 19.3 Å². The number of rotatable bonds is 4. The summed E-state index contributed by atoms with van der Waals surface area (Å²) in [5.41, 5.74) is 1.55. The minimum absolute atomic E-state index is 0.0104. The summed E-state index contributed by atoms with van der Waals surface area (Å²) in [6.45, 7) is 3.60. The van der Waals surface area contributed by atoms with Gasteiger partial charge in [-0.2, -0.15) is 0 Å². The summed E-state index contributed by atoms with van der Waals surface area (Å²) in [7, 11) is 0. The lowest BCUT2D eigenvalue weighted by Crippen LogP contribution is -2.12. The molecule has 2 rings (SSSR count). The van der Waals surface area contributed by atoms with Crippen molar-refractivity contribution in [1.82, 2.24) is 15.0 Å². The SMILES string of the molecule is Cc1nc(NC(C)c2cccnc2)ncc1C(=O)O. The van der Waals surface area contributed by atoms with Crippen molar-refractivity contribution in [3.05, 3.63) is 47.5 Å². The van der Waals surface area contributed by atoms with Crippen molar-refractivity contribution < 1.29 is 9.90 Å². The molecule has 0 spiro atoms. The lowest BCUT2D eigenvalue weighted by molar-refractivity contribution is 0.0695. The number of anilines is 1. The highest BCUT2D eigenvalue weighted by Gasteiger charge is 2.12. The molecule has 2 N–H and O–H groups in total. The van der Waals surface area contributed by atoms with Gasteiger partial charge >= 0.3 is 5.97 Å². The second-order valence-electron chi connectivity index (χ2n) is 4.15. The number of aromatic nitrogens is 3. The summed E-state index contributed by atoms with van der Waals surface area (Å²) >= 11 is 0. The number of aromatic carboxylic acids is 1. The van der Waals surface area contributed by atoms with Crippen molar-refractivity contribution in [2.45, 2.75) is 19.9 Å². The minimum atomic E-state index is -1.02. The Labute approximate surface area is 110 Å². The van der Waals surface area contributed by atoms with E-state index in [4.69, 9.17) is 5.11 Å². The molecule has 19 heavy (non-hydrogen) atoms. The first-order chi connectivity index (χ1) is 9.08. The molecule has 0 aromatic carbocycles. The molecule has 0 fully saturated rings. The highest BCUT2D eigenvalue weighted by atomic mass is 16.4. The summed E-state index contributed by atoms with van der Waals surface area (Å²) in [4.78, 5) is 23.1. The number of carboxylic acids is 1. The van der Waals surface area contributed by atoms with Crippen molar-refractivity contribution in [2.75, 3.05) is 5.32 Å². The predicted molar refractivity (Wildman–Crippen MR) is 70.0 cm³/mol. The number of pyridine rings is 1. The quantitative estimate of drug-likeness (QED) is 0.872. The standard InChI is InChI=1S/C13H14N4O2/c1-8(10-4-3-5-14-6-10)16-13-15-7-11(12(18)19)9(2)17-13/h3-8H,1-2H3,(H,18,19)(H,15,16,17). The van der Waals surface area contributed by atoms with Crippen molar-refractivity contribution >= 4 is 11.9 Å². The van der Waals surface area contributed by atoms with E-state index in [0.717, 1.165) is 5.56 Å². The van der Waals surface area contributed by atoms with Gasteiger partial charge in [0.25, 0.3) is 0 Å². The molecule has 0 saturated carbocycles. The number of carbonyl (C=O) groups is 1. The lowest BCUT2D eigenvalue weighted by atomic mass is 10.1. The molecule has 6 nitrogen and oxygen atoms in total. The van der Waals surface area contributed by atoms with Gasteiger partial charge in [0.2, 0.25) is 5.95 Å². The Hall–Kier alpha value is -2.50. The first-order valence-corrected chi connectivity index (χ1v) is 5.81. The molecule has 0 aliphatic heterocycles. The van der Waals surface area contributed by atoms with Gasteiger partial charge in [-0.3, -0.25) is 4.98 Å². The summed E-state index contributed by atoms with van der Waals surface area (Å²) in [6, 6.07) is 3.79. The van der Waals surface area contributed by atoms with Crippen molar-refractivity contribution in [3.63, 3.8) is 0 Å². The molecular weight excluding hydrogens is 244 g/mol. The Bertz CT molecular complexity index is 586. The minimum Gasteiger partial charge on any atom is -0.478 e.